The molecule has 1 heterocycles. The number of nitrogens with zero attached hydrogens (tertiary/aromatic N) is 1. The van der Waals surface area contributed by atoms with Crippen LogP contribution in [-0.4, -0.2) is 35.5 Å². The Balaban J connectivity index is 2.35. The van der Waals surface area contributed by atoms with E-state index in [4.69, 9.17) is 30.6 Å². The zero-order valence-corrected chi connectivity index (χ0v) is 12.9. The molecule has 1 aromatic carbocycles. The Morgan fingerprint density at radius 3 is 2.86 bits per heavy atom. The number of hydrogen-bond donors (Lipinski definition) is 1. The molecule has 1 N–H and O–H groups in total. The van der Waals surface area contributed by atoms with E-state index in [-0.39, 0.29) is 19.1 Å². The zero-order valence-electron chi connectivity index (χ0n) is 12.2. The molecule has 0 radical (unpaired) electrons. The Kier molecular flexibility index (Phi) is 5.10. The average molecular weight is 330 g/mol. The Morgan fingerprint density at radius 1 is 1.50 bits per heavy atom. The first-order valence-corrected chi connectivity index (χ1v) is 7.00. The smallest absolute Gasteiger partial charge is 0.419 e. The normalized spacial score (nSPS) is 12.5. The molecule has 1 atom stereocenters. The molecule has 0 aliphatic heterocycles. The lowest BCUT2D eigenvalue weighted by Crippen LogP contribution is -2.18. The number of aryl methyl sites for hydroxylation is 1. The van der Waals surface area contributed by atoms with Gasteiger partial charge in [0.25, 0.3) is 0 Å². The minimum atomic E-state index is -0.999. The minimum absolute atomic E-state index is 0.0117. The van der Waals surface area contributed by atoms with Crippen molar-refractivity contribution in [1.82, 2.24) is 4.57 Å². The van der Waals surface area contributed by atoms with Crippen LogP contribution in [0.25, 0.3) is 11.1 Å². The molecule has 2 rings (SSSR count). The molecule has 0 saturated carbocycles. The van der Waals surface area contributed by atoms with E-state index < -0.39 is 11.7 Å². The van der Waals surface area contributed by atoms with Crippen molar-refractivity contribution in [3.8, 4) is 5.75 Å². The summed E-state index contributed by atoms with van der Waals surface area (Å²) in [5.41, 5.74) is 0.724. The van der Waals surface area contributed by atoms with Gasteiger partial charge in [-0.2, -0.15) is 0 Å². The van der Waals surface area contributed by atoms with Gasteiger partial charge < -0.3 is 19.0 Å². The number of carbonyl (C=O) groups is 1. The topological polar surface area (TPSA) is 90.9 Å². The molecule has 0 fully saturated rings. The number of rotatable bonds is 7. The van der Waals surface area contributed by atoms with E-state index in [0.717, 1.165) is 0 Å². The van der Waals surface area contributed by atoms with Crippen molar-refractivity contribution < 1.29 is 23.8 Å². The van der Waals surface area contributed by atoms with Crippen LogP contribution >= 0.6 is 11.6 Å². The molecule has 0 bridgehead atoms. The predicted octanol–water partition coefficient (Wildman–Crippen LogP) is 2.14. The Labute approximate surface area is 131 Å². The van der Waals surface area contributed by atoms with E-state index >= 15 is 0 Å². The fourth-order valence-electron chi connectivity index (χ4n) is 2.06. The number of carboxylic acid groups (broad SMARTS) is 1. The van der Waals surface area contributed by atoms with Crippen LogP contribution in [0.3, 0.4) is 0 Å². The van der Waals surface area contributed by atoms with Crippen LogP contribution in [-0.2, 0) is 16.1 Å². The van der Waals surface area contributed by atoms with Gasteiger partial charge in [0.2, 0.25) is 0 Å². The molecule has 1 unspecified atom stereocenters. The second-order valence-corrected chi connectivity index (χ2v) is 5.20. The fraction of sp³-hybridized carbons (Fsp3) is 0.429. The third-order valence-corrected chi connectivity index (χ3v) is 3.30. The lowest BCUT2D eigenvalue weighted by atomic mass is 10.3. The molecule has 1 aromatic heterocycles. The van der Waals surface area contributed by atoms with Crippen LogP contribution in [0.5, 0.6) is 5.75 Å². The molecule has 22 heavy (non-hydrogen) atoms. The second kappa shape index (κ2) is 6.85. The van der Waals surface area contributed by atoms with Gasteiger partial charge in [0.1, 0.15) is 11.9 Å². The quantitative estimate of drug-likeness (QED) is 0.836. The van der Waals surface area contributed by atoms with Crippen LogP contribution in [0.2, 0.25) is 5.02 Å². The summed E-state index contributed by atoms with van der Waals surface area (Å²) < 4.78 is 16.9. The lowest BCUT2D eigenvalue weighted by Gasteiger charge is -2.14. The molecule has 0 aliphatic carbocycles. The molecular weight excluding hydrogens is 314 g/mol. The fourth-order valence-corrected chi connectivity index (χ4v) is 2.26. The average Bonchev–Trinajstić information content (AvgIpc) is 2.72. The van der Waals surface area contributed by atoms with Crippen molar-refractivity contribution in [2.75, 3.05) is 13.7 Å². The highest BCUT2D eigenvalue weighted by atomic mass is 35.5. The van der Waals surface area contributed by atoms with Crippen molar-refractivity contribution in [2.45, 2.75) is 26.0 Å². The second-order valence-electron chi connectivity index (χ2n) is 4.80. The molecular formula is C14H16ClNO6. The first-order valence-electron chi connectivity index (χ1n) is 6.62. The number of carboxylic acids is 1. The third kappa shape index (κ3) is 3.61. The molecule has 0 aliphatic rings. The van der Waals surface area contributed by atoms with Gasteiger partial charge in [0, 0.05) is 19.7 Å². The maximum Gasteiger partial charge on any atom is 0.419 e. The monoisotopic (exact) mass is 329 g/mol. The summed E-state index contributed by atoms with van der Waals surface area (Å²) >= 11 is 6.15. The minimum Gasteiger partial charge on any atom is -0.487 e. The zero-order chi connectivity index (χ0) is 16.3. The van der Waals surface area contributed by atoms with E-state index in [2.05, 4.69) is 0 Å². The van der Waals surface area contributed by atoms with Gasteiger partial charge in [-0.3, -0.25) is 9.36 Å². The van der Waals surface area contributed by atoms with Crippen LogP contribution in [0.4, 0.5) is 0 Å². The van der Waals surface area contributed by atoms with Crippen LogP contribution in [0.15, 0.2) is 21.3 Å². The van der Waals surface area contributed by atoms with Crippen molar-refractivity contribution in [3.63, 3.8) is 0 Å². The number of oxazole rings is 1. The molecule has 0 spiro atoms. The van der Waals surface area contributed by atoms with Gasteiger partial charge in [0.15, 0.2) is 5.58 Å². The van der Waals surface area contributed by atoms with Crippen molar-refractivity contribution in [1.29, 1.82) is 0 Å². The molecule has 0 amide bonds. The number of aliphatic carboxylic acids is 1. The van der Waals surface area contributed by atoms with Crippen LogP contribution in [0.1, 0.15) is 13.3 Å². The number of ether oxygens (including phenoxy) is 2. The van der Waals surface area contributed by atoms with E-state index in [1.165, 1.54) is 16.7 Å². The van der Waals surface area contributed by atoms with Crippen LogP contribution < -0.4 is 10.5 Å². The lowest BCUT2D eigenvalue weighted by molar-refractivity contribution is -0.137. The maximum atomic E-state index is 11.8. The Morgan fingerprint density at radius 2 is 2.23 bits per heavy atom. The van der Waals surface area contributed by atoms with E-state index in [9.17, 15) is 9.59 Å². The summed E-state index contributed by atoms with van der Waals surface area (Å²) in [6.45, 7) is 2.22. The number of benzene rings is 1. The van der Waals surface area contributed by atoms with E-state index in [1.54, 1.807) is 7.11 Å². The largest absolute Gasteiger partial charge is 0.487 e. The summed E-state index contributed by atoms with van der Waals surface area (Å²) in [4.78, 5) is 22.4. The number of hydrogen-bond acceptors (Lipinski definition) is 5. The highest BCUT2D eigenvalue weighted by Gasteiger charge is 2.15. The van der Waals surface area contributed by atoms with Gasteiger partial charge in [-0.05, 0) is 13.0 Å². The summed E-state index contributed by atoms with van der Waals surface area (Å²) in [5.74, 6) is -1.26. The van der Waals surface area contributed by atoms with Gasteiger partial charge in [-0.25, -0.2) is 4.79 Å². The van der Waals surface area contributed by atoms with Crippen molar-refractivity contribution in [3.05, 3.63) is 27.7 Å². The van der Waals surface area contributed by atoms with Gasteiger partial charge in [-0.1, -0.05) is 11.6 Å². The van der Waals surface area contributed by atoms with Gasteiger partial charge >= 0.3 is 11.7 Å². The van der Waals surface area contributed by atoms with Crippen molar-refractivity contribution in [2.24, 2.45) is 0 Å². The first-order chi connectivity index (χ1) is 10.4. The van der Waals surface area contributed by atoms with Crippen molar-refractivity contribution >= 4 is 28.7 Å². The highest BCUT2D eigenvalue weighted by Crippen LogP contribution is 2.30. The molecule has 7 nitrogen and oxygen atoms in total. The Bertz CT molecular complexity index is 735. The number of halogens is 1. The standard InChI is InChI=1S/C14H16ClNO6/c1-8(7-20-2)21-11-6-12-10(5-9(11)15)16(14(19)22-12)4-3-13(17)18/h5-6,8H,3-4,7H2,1-2H3,(H,17,18). The molecule has 120 valence electrons. The Hall–Kier alpha value is -1.99. The maximum absolute atomic E-state index is 11.8. The molecule has 8 heteroatoms. The van der Waals surface area contributed by atoms with Crippen LogP contribution in [0, 0.1) is 0 Å². The van der Waals surface area contributed by atoms with E-state index in [0.29, 0.717) is 28.5 Å². The third-order valence-electron chi connectivity index (χ3n) is 3.00. The summed E-state index contributed by atoms with van der Waals surface area (Å²) in [7, 11) is 1.56. The summed E-state index contributed by atoms with van der Waals surface area (Å²) in [6.07, 6.45) is -0.407. The summed E-state index contributed by atoms with van der Waals surface area (Å²) in [5, 5.41) is 9.03. The number of fused-ring (bicyclic) bond motifs is 1. The number of methoxy groups -OCH3 is 1. The predicted molar refractivity (Wildman–Crippen MR) is 79.7 cm³/mol. The van der Waals surface area contributed by atoms with Gasteiger partial charge in [0.05, 0.1) is 23.6 Å². The SMILES string of the molecule is COCC(C)Oc1cc2oc(=O)n(CCC(=O)O)c2cc1Cl. The highest BCUT2D eigenvalue weighted by molar-refractivity contribution is 6.32. The molecule has 2 aromatic rings. The first kappa shape index (κ1) is 16.4. The number of aromatic nitrogens is 1. The van der Waals surface area contributed by atoms with Gasteiger partial charge in [-0.15, -0.1) is 0 Å². The van der Waals surface area contributed by atoms with E-state index in [1.807, 2.05) is 6.92 Å². The summed E-state index contributed by atoms with van der Waals surface area (Å²) in [6, 6.07) is 3.04. The molecule has 0 saturated heterocycles.